The van der Waals surface area contributed by atoms with E-state index < -0.39 is 0 Å². The normalized spacial score (nSPS) is 11.0. The highest BCUT2D eigenvalue weighted by Crippen LogP contribution is 2.23. The Morgan fingerprint density at radius 3 is 2.95 bits per heavy atom. The van der Waals surface area contributed by atoms with E-state index in [1.807, 2.05) is 32.0 Å². The predicted octanol–water partition coefficient (Wildman–Crippen LogP) is 2.83. The average Bonchev–Trinajstić information content (AvgIpc) is 2.86. The summed E-state index contributed by atoms with van der Waals surface area (Å²) in [6.07, 6.45) is 1.80. The predicted molar refractivity (Wildman–Crippen MR) is 82.5 cm³/mol. The van der Waals surface area contributed by atoms with Crippen LogP contribution in [-0.2, 0) is 0 Å². The van der Waals surface area contributed by atoms with Crippen molar-refractivity contribution in [3.05, 3.63) is 35.9 Å². The summed E-state index contributed by atoms with van der Waals surface area (Å²) < 4.78 is 5.19. The number of hydrogen-bond acceptors (Lipinski definition) is 7. The van der Waals surface area contributed by atoms with Gasteiger partial charge < -0.3 is 9.84 Å². The van der Waals surface area contributed by atoms with Crippen LogP contribution in [0.2, 0.25) is 0 Å². The third-order valence-electron chi connectivity index (χ3n) is 2.90. The molecule has 0 fully saturated rings. The van der Waals surface area contributed by atoms with Crippen LogP contribution in [0.4, 0.5) is 5.82 Å². The van der Waals surface area contributed by atoms with Gasteiger partial charge in [-0.25, -0.2) is 9.97 Å². The van der Waals surface area contributed by atoms with Gasteiger partial charge in [0.1, 0.15) is 17.0 Å². The van der Waals surface area contributed by atoms with Crippen LogP contribution < -0.4 is 5.32 Å². The number of fused-ring (bicyclic) bond motifs is 1. The number of nitrogens with one attached hydrogen (secondary N) is 1. The number of nitrogens with zero attached hydrogens (tertiary/aromatic N) is 4. The minimum absolute atomic E-state index is 0.528. The van der Waals surface area contributed by atoms with Crippen LogP contribution in [0.25, 0.3) is 11.1 Å². The minimum Gasteiger partial charge on any atom is -0.368 e. The molecule has 0 aliphatic carbocycles. The van der Waals surface area contributed by atoms with E-state index in [0.717, 1.165) is 34.2 Å². The molecule has 0 spiro atoms. The molecule has 0 radical (unpaired) electrons. The lowest BCUT2D eigenvalue weighted by Gasteiger charge is -2.06. The molecule has 6 nitrogen and oxygen atoms in total. The summed E-state index contributed by atoms with van der Waals surface area (Å²) >= 11 is 1.70. The first-order valence-corrected chi connectivity index (χ1v) is 7.61. The van der Waals surface area contributed by atoms with E-state index in [-0.39, 0.29) is 0 Å². The van der Waals surface area contributed by atoms with Gasteiger partial charge in [0.15, 0.2) is 0 Å². The Bertz CT molecular complexity index is 744. The molecule has 3 aromatic heterocycles. The van der Waals surface area contributed by atoms with Gasteiger partial charge in [-0.1, -0.05) is 11.2 Å². The Hall–Kier alpha value is -2.15. The number of hydrogen-bond donors (Lipinski definition) is 1. The number of pyridine rings is 1. The molecule has 0 saturated heterocycles. The van der Waals surface area contributed by atoms with Crippen molar-refractivity contribution in [3.63, 3.8) is 0 Å². The van der Waals surface area contributed by atoms with Crippen LogP contribution in [0, 0.1) is 13.8 Å². The summed E-state index contributed by atoms with van der Waals surface area (Å²) in [5.41, 5.74) is 1.32. The van der Waals surface area contributed by atoms with Crippen molar-refractivity contribution in [2.45, 2.75) is 18.9 Å². The summed E-state index contributed by atoms with van der Waals surface area (Å²) in [4.78, 5) is 12.9. The monoisotopic (exact) mass is 301 g/mol. The molecule has 0 atom stereocenters. The lowest BCUT2D eigenvalue weighted by Crippen LogP contribution is -2.07. The standard InChI is InChI=1S/C14H15N5OS/c1-9-12-13(17-10(2)18-14(12)20-19-9)16-7-8-21-11-5-3-4-6-15-11/h3-6H,7-8H2,1-2H3,(H,16,17,18). The Morgan fingerprint density at radius 2 is 2.14 bits per heavy atom. The van der Waals surface area contributed by atoms with Crippen molar-refractivity contribution >= 4 is 28.7 Å². The highest BCUT2D eigenvalue weighted by molar-refractivity contribution is 7.99. The SMILES string of the molecule is Cc1nc(NCCSc2ccccn2)c2c(C)noc2n1. The number of thioether (sulfide) groups is 1. The van der Waals surface area contributed by atoms with Gasteiger partial charge in [0.05, 0.1) is 10.7 Å². The van der Waals surface area contributed by atoms with E-state index >= 15 is 0 Å². The maximum atomic E-state index is 5.19. The molecule has 3 heterocycles. The maximum Gasteiger partial charge on any atom is 0.263 e. The summed E-state index contributed by atoms with van der Waals surface area (Å²) in [6.45, 7) is 4.50. The highest BCUT2D eigenvalue weighted by Gasteiger charge is 2.13. The maximum absolute atomic E-state index is 5.19. The fourth-order valence-corrected chi connectivity index (χ4v) is 2.71. The zero-order chi connectivity index (χ0) is 14.7. The second-order valence-electron chi connectivity index (χ2n) is 4.51. The smallest absolute Gasteiger partial charge is 0.263 e. The van der Waals surface area contributed by atoms with Crippen molar-refractivity contribution in [2.75, 3.05) is 17.6 Å². The fourth-order valence-electron chi connectivity index (χ4n) is 1.98. The number of rotatable bonds is 5. The second-order valence-corrected chi connectivity index (χ2v) is 5.63. The number of aromatic nitrogens is 4. The van der Waals surface area contributed by atoms with Crippen LogP contribution in [0.3, 0.4) is 0 Å². The fraction of sp³-hybridized carbons (Fsp3) is 0.286. The molecule has 1 N–H and O–H groups in total. The van der Waals surface area contributed by atoms with E-state index in [9.17, 15) is 0 Å². The molecule has 0 aliphatic heterocycles. The topological polar surface area (TPSA) is 76.7 Å². The summed E-state index contributed by atoms with van der Waals surface area (Å²) in [7, 11) is 0. The van der Waals surface area contributed by atoms with Gasteiger partial charge in [-0.2, -0.15) is 4.98 Å². The van der Waals surface area contributed by atoms with E-state index in [0.29, 0.717) is 11.5 Å². The summed E-state index contributed by atoms with van der Waals surface area (Å²) in [5.74, 6) is 2.34. The van der Waals surface area contributed by atoms with Gasteiger partial charge in [0.25, 0.3) is 5.71 Å². The number of aryl methyl sites for hydroxylation is 2. The molecule has 108 valence electrons. The van der Waals surface area contributed by atoms with Crippen LogP contribution in [-0.4, -0.2) is 32.4 Å². The Labute approximate surface area is 126 Å². The lowest BCUT2D eigenvalue weighted by atomic mass is 10.3. The third kappa shape index (κ3) is 3.13. The Kier molecular flexibility index (Phi) is 4.01. The quantitative estimate of drug-likeness (QED) is 0.573. The first kappa shape index (κ1) is 13.8. The first-order valence-electron chi connectivity index (χ1n) is 6.62. The molecule has 0 saturated carbocycles. The molecule has 7 heteroatoms. The third-order valence-corrected chi connectivity index (χ3v) is 3.85. The average molecular weight is 301 g/mol. The van der Waals surface area contributed by atoms with Crippen molar-refractivity contribution in [1.29, 1.82) is 0 Å². The van der Waals surface area contributed by atoms with Gasteiger partial charge in [-0.3, -0.25) is 0 Å². The molecule has 3 rings (SSSR count). The van der Waals surface area contributed by atoms with E-state index in [1.54, 1.807) is 18.0 Å². The van der Waals surface area contributed by atoms with E-state index in [1.165, 1.54) is 0 Å². The van der Waals surface area contributed by atoms with E-state index in [4.69, 9.17) is 4.52 Å². The summed E-state index contributed by atoms with van der Waals surface area (Å²) in [5, 5.41) is 9.14. The molecule has 21 heavy (non-hydrogen) atoms. The van der Waals surface area contributed by atoms with Crippen LogP contribution in [0.1, 0.15) is 11.5 Å². The van der Waals surface area contributed by atoms with Gasteiger partial charge in [-0.05, 0) is 26.0 Å². The van der Waals surface area contributed by atoms with Crippen molar-refractivity contribution in [1.82, 2.24) is 20.1 Å². The van der Waals surface area contributed by atoms with Crippen molar-refractivity contribution in [3.8, 4) is 0 Å². The largest absolute Gasteiger partial charge is 0.368 e. The highest BCUT2D eigenvalue weighted by atomic mass is 32.2. The molecular weight excluding hydrogens is 286 g/mol. The van der Waals surface area contributed by atoms with Gasteiger partial charge >= 0.3 is 0 Å². The number of anilines is 1. The molecule has 0 amide bonds. The van der Waals surface area contributed by atoms with Gasteiger partial charge in [-0.15, -0.1) is 11.8 Å². The molecule has 3 aromatic rings. The first-order chi connectivity index (χ1) is 10.2. The lowest BCUT2D eigenvalue weighted by molar-refractivity contribution is 0.442. The zero-order valence-electron chi connectivity index (χ0n) is 11.8. The minimum atomic E-state index is 0.528. The molecule has 0 aromatic carbocycles. The van der Waals surface area contributed by atoms with Crippen LogP contribution >= 0.6 is 11.8 Å². The molecular formula is C14H15N5OS. The molecule has 0 aliphatic rings. The summed E-state index contributed by atoms with van der Waals surface area (Å²) in [6, 6.07) is 5.90. The van der Waals surface area contributed by atoms with Crippen molar-refractivity contribution in [2.24, 2.45) is 0 Å². The van der Waals surface area contributed by atoms with Gasteiger partial charge in [0, 0.05) is 18.5 Å². The van der Waals surface area contributed by atoms with Gasteiger partial charge in [0.2, 0.25) is 0 Å². The molecule has 0 bridgehead atoms. The van der Waals surface area contributed by atoms with Crippen LogP contribution in [0.5, 0.6) is 0 Å². The Balaban J connectivity index is 1.66. The van der Waals surface area contributed by atoms with Crippen LogP contribution in [0.15, 0.2) is 33.9 Å². The Morgan fingerprint density at radius 1 is 1.24 bits per heavy atom. The second kappa shape index (κ2) is 6.09. The van der Waals surface area contributed by atoms with Crippen molar-refractivity contribution < 1.29 is 4.52 Å². The zero-order valence-corrected chi connectivity index (χ0v) is 12.6. The molecule has 0 unspecified atom stereocenters. The van der Waals surface area contributed by atoms with E-state index in [2.05, 4.69) is 25.4 Å².